The van der Waals surface area contributed by atoms with Gasteiger partial charge in [0.15, 0.2) is 16.7 Å². The van der Waals surface area contributed by atoms with Crippen LogP contribution in [-0.2, 0) is 16.1 Å². The first-order valence-corrected chi connectivity index (χ1v) is 12.8. The molecule has 4 rings (SSSR count). The molecule has 0 radical (unpaired) electrons. The molecule has 0 bridgehead atoms. The summed E-state index contributed by atoms with van der Waals surface area (Å²) < 4.78 is 17.8. The third-order valence-corrected chi connectivity index (χ3v) is 7.22. The molecule has 2 heterocycles. The quantitative estimate of drug-likeness (QED) is 0.324. The van der Waals surface area contributed by atoms with Crippen LogP contribution in [0, 0.1) is 0 Å². The second-order valence-electron chi connectivity index (χ2n) is 7.39. The van der Waals surface area contributed by atoms with Crippen LogP contribution in [0.1, 0.15) is 31.0 Å². The Morgan fingerprint density at radius 3 is 2.76 bits per heavy atom. The van der Waals surface area contributed by atoms with E-state index in [-0.39, 0.29) is 13.2 Å². The molecule has 0 unspecified atom stereocenters. The van der Waals surface area contributed by atoms with Crippen molar-refractivity contribution in [1.82, 2.24) is 4.90 Å². The Kier molecular flexibility index (Phi) is 7.82. The van der Waals surface area contributed by atoms with Gasteiger partial charge in [-0.05, 0) is 65.0 Å². The molecule has 1 atom stereocenters. The number of carbonyl (C=O) groups excluding carboxylic acids is 1. The Morgan fingerprint density at radius 2 is 2.06 bits per heavy atom. The number of carbonyl (C=O) groups is 1. The Labute approximate surface area is 220 Å². The van der Waals surface area contributed by atoms with Crippen molar-refractivity contribution in [3.63, 3.8) is 0 Å². The average Bonchev–Trinajstić information content (AvgIpc) is 3.26. The summed E-state index contributed by atoms with van der Waals surface area (Å²) in [6.45, 7) is 4.10. The number of methoxy groups -OCH3 is 1. The van der Waals surface area contributed by atoms with Gasteiger partial charge in [-0.3, -0.25) is 0 Å². The van der Waals surface area contributed by atoms with Crippen molar-refractivity contribution in [2.75, 3.05) is 13.7 Å². The van der Waals surface area contributed by atoms with E-state index in [9.17, 15) is 4.79 Å². The maximum atomic E-state index is 12.9. The van der Waals surface area contributed by atoms with Crippen LogP contribution < -0.4 is 9.47 Å². The van der Waals surface area contributed by atoms with Crippen LogP contribution in [0.25, 0.3) is 0 Å². The number of esters is 1. The normalized spacial score (nSPS) is 16.9. The molecule has 2 aliphatic rings. The monoisotopic (exact) mass is 582 g/mol. The number of ether oxygens (including phenoxy) is 3. The third-order valence-electron chi connectivity index (χ3n) is 5.27. The van der Waals surface area contributed by atoms with Gasteiger partial charge in [0.1, 0.15) is 6.61 Å². The number of allylic oxidation sites excluding steroid dienone is 1. The van der Waals surface area contributed by atoms with Crippen molar-refractivity contribution in [1.29, 1.82) is 0 Å². The van der Waals surface area contributed by atoms with E-state index >= 15 is 0 Å². The molecule has 0 N–H and O–H groups in total. The molecule has 0 amide bonds. The highest BCUT2D eigenvalue weighted by atomic mass is 79.9. The number of halogens is 3. The summed E-state index contributed by atoms with van der Waals surface area (Å²) in [6, 6.07) is 8.60. The Morgan fingerprint density at radius 1 is 1.26 bits per heavy atom. The largest absolute Gasteiger partial charge is 0.493 e. The van der Waals surface area contributed by atoms with Crippen molar-refractivity contribution in [3.8, 4) is 11.5 Å². The van der Waals surface area contributed by atoms with Crippen molar-refractivity contribution in [2.24, 2.45) is 4.99 Å². The lowest BCUT2D eigenvalue weighted by Gasteiger charge is -2.33. The van der Waals surface area contributed by atoms with Gasteiger partial charge in [-0.15, -0.1) is 0 Å². The van der Waals surface area contributed by atoms with Crippen LogP contribution in [0.5, 0.6) is 11.5 Å². The number of benzene rings is 2. The fourth-order valence-corrected chi connectivity index (χ4v) is 5.55. The SMILES string of the molecule is CCOC(=O)C1=C(C)N=C2SC=CN2[C@@H]1c1cc(Br)c(OCc2ccc(Cl)cc2Cl)c(OC)c1. The topological polar surface area (TPSA) is 60.4 Å². The van der Waals surface area contributed by atoms with Crippen molar-refractivity contribution >= 4 is 62.0 Å². The van der Waals surface area contributed by atoms with Gasteiger partial charge in [0.2, 0.25) is 0 Å². The fraction of sp³-hybridized carbons (Fsp3) is 0.250. The number of aliphatic imine (C=N–C) groups is 1. The molecule has 2 aromatic rings. The van der Waals surface area contributed by atoms with Gasteiger partial charge in [-0.2, -0.15) is 0 Å². The van der Waals surface area contributed by atoms with Crippen LogP contribution in [0.3, 0.4) is 0 Å². The summed E-state index contributed by atoms with van der Waals surface area (Å²) in [5, 5.41) is 3.81. The lowest BCUT2D eigenvalue weighted by Crippen LogP contribution is -2.34. The number of fused-ring (bicyclic) bond motifs is 1. The summed E-state index contributed by atoms with van der Waals surface area (Å²) in [4.78, 5) is 19.5. The molecular formula is C24H21BrCl2N2O4S. The van der Waals surface area contributed by atoms with Gasteiger partial charge >= 0.3 is 5.97 Å². The second-order valence-corrected chi connectivity index (χ2v) is 9.96. The van der Waals surface area contributed by atoms with E-state index in [0.29, 0.717) is 37.3 Å². The number of amidine groups is 1. The number of thioether (sulfide) groups is 1. The first-order valence-electron chi connectivity index (χ1n) is 10.4. The Bertz CT molecular complexity index is 1230. The van der Waals surface area contributed by atoms with E-state index in [4.69, 9.17) is 37.4 Å². The summed E-state index contributed by atoms with van der Waals surface area (Å²) in [5.41, 5.74) is 2.72. The molecule has 0 fully saturated rings. The Hall–Kier alpha value is -2.13. The molecule has 2 aromatic carbocycles. The highest BCUT2D eigenvalue weighted by Crippen LogP contribution is 2.45. The minimum Gasteiger partial charge on any atom is -0.493 e. The molecule has 0 aromatic heterocycles. The first-order chi connectivity index (χ1) is 16.3. The molecule has 34 heavy (non-hydrogen) atoms. The number of hydrogen-bond acceptors (Lipinski definition) is 7. The van der Waals surface area contributed by atoms with E-state index in [1.54, 1.807) is 26.2 Å². The van der Waals surface area contributed by atoms with Gasteiger partial charge in [0.05, 0.1) is 35.5 Å². The van der Waals surface area contributed by atoms with Gasteiger partial charge in [-0.1, -0.05) is 41.0 Å². The predicted octanol–water partition coefficient (Wildman–Crippen LogP) is 7.11. The minimum atomic E-state index is -0.428. The molecule has 0 saturated carbocycles. The van der Waals surface area contributed by atoms with Crippen LogP contribution in [0.2, 0.25) is 10.0 Å². The molecule has 10 heteroatoms. The lowest BCUT2D eigenvalue weighted by atomic mass is 9.94. The van der Waals surface area contributed by atoms with E-state index in [0.717, 1.165) is 16.3 Å². The minimum absolute atomic E-state index is 0.225. The van der Waals surface area contributed by atoms with Gasteiger partial charge in [0, 0.05) is 21.8 Å². The first kappa shape index (κ1) is 25.0. The van der Waals surface area contributed by atoms with Gasteiger partial charge in [0.25, 0.3) is 0 Å². The average molecular weight is 584 g/mol. The van der Waals surface area contributed by atoms with Gasteiger partial charge < -0.3 is 19.1 Å². The molecule has 178 valence electrons. The number of hydrogen-bond donors (Lipinski definition) is 0. The molecule has 0 saturated heterocycles. The summed E-state index contributed by atoms with van der Waals surface area (Å²) in [6.07, 6.45) is 1.91. The molecule has 2 aliphatic heterocycles. The standard InChI is InChI=1S/C24H21BrCl2N2O4S/c1-4-32-23(30)20-13(2)28-24-29(7-8-34-24)21(20)15-9-17(25)22(19(10-15)31-3)33-12-14-5-6-16(26)11-18(14)27/h5-11,21H,4,12H2,1-3H3/t21-/m1/s1. The molecule has 0 aliphatic carbocycles. The zero-order valence-corrected chi connectivity index (χ0v) is 22.5. The van der Waals surface area contributed by atoms with E-state index in [1.807, 2.05) is 41.6 Å². The summed E-state index contributed by atoms with van der Waals surface area (Å²) >= 11 is 17.4. The van der Waals surface area contributed by atoms with Crippen LogP contribution in [0.15, 0.2) is 62.7 Å². The number of nitrogens with zero attached hydrogens (tertiary/aromatic N) is 2. The number of rotatable bonds is 7. The maximum absolute atomic E-state index is 12.9. The van der Waals surface area contributed by atoms with Crippen molar-refractivity contribution < 1.29 is 19.0 Å². The smallest absolute Gasteiger partial charge is 0.338 e. The Balaban J connectivity index is 1.71. The predicted molar refractivity (Wildman–Crippen MR) is 140 cm³/mol. The lowest BCUT2D eigenvalue weighted by molar-refractivity contribution is -0.139. The van der Waals surface area contributed by atoms with E-state index in [1.165, 1.54) is 11.8 Å². The van der Waals surface area contributed by atoms with Crippen molar-refractivity contribution in [2.45, 2.75) is 26.5 Å². The highest BCUT2D eigenvalue weighted by molar-refractivity contribution is 9.10. The van der Waals surface area contributed by atoms with Crippen LogP contribution in [0.4, 0.5) is 0 Å². The maximum Gasteiger partial charge on any atom is 0.338 e. The van der Waals surface area contributed by atoms with Gasteiger partial charge in [-0.25, -0.2) is 9.79 Å². The van der Waals surface area contributed by atoms with E-state index in [2.05, 4.69) is 20.9 Å². The summed E-state index contributed by atoms with van der Waals surface area (Å²) in [7, 11) is 1.57. The second kappa shape index (κ2) is 10.6. The molecule has 0 spiro atoms. The molecule has 6 nitrogen and oxygen atoms in total. The fourth-order valence-electron chi connectivity index (χ4n) is 3.72. The van der Waals surface area contributed by atoms with Crippen LogP contribution >= 0.6 is 50.9 Å². The highest BCUT2D eigenvalue weighted by Gasteiger charge is 2.38. The summed E-state index contributed by atoms with van der Waals surface area (Å²) in [5.74, 6) is 0.632. The van der Waals surface area contributed by atoms with Crippen LogP contribution in [-0.4, -0.2) is 29.8 Å². The van der Waals surface area contributed by atoms with E-state index < -0.39 is 12.0 Å². The zero-order chi connectivity index (χ0) is 24.4. The zero-order valence-electron chi connectivity index (χ0n) is 18.6. The van der Waals surface area contributed by atoms with Crippen molar-refractivity contribution in [3.05, 3.63) is 78.9 Å². The molecular weight excluding hydrogens is 563 g/mol. The third kappa shape index (κ3) is 4.96.